The highest BCUT2D eigenvalue weighted by molar-refractivity contribution is 6.18. The van der Waals surface area contributed by atoms with Crippen LogP contribution in [0.4, 0.5) is 4.39 Å². The minimum Gasteiger partial charge on any atom is -0.350 e. The van der Waals surface area contributed by atoms with Crippen LogP contribution < -0.4 is 10.9 Å². The SMILES string of the molecule is O=C(NCCc1ccccc1)C(=Cc1ccc(F)cc1)n1ccccc1=O. The summed E-state index contributed by atoms with van der Waals surface area (Å²) >= 11 is 0. The molecule has 0 fully saturated rings. The van der Waals surface area contributed by atoms with Crippen LogP contribution in [-0.2, 0) is 11.2 Å². The van der Waals surface area contributed by atoms with E-state index in [1.54, 1.807) is 30.3 Å². The third kappa shape index (κ3) is 5.01. The number of halogens is 1. The van der Waals surface area contributed by atoms with Gasteiger partial charge in [0.2, 0.25) is 0 Å². The fourth-order valence-electron chi connectivity index (χ4n) is 2.64. The van der Waals surface area contributed by atoms with Gasteiger partial charge in [0, 0.05) is 18.8 Å². The van der Waals surface area contributed by atoms with Crippen LogP contribution in [-0.4, -0.2) is 17.0 Å². The highest BCUT2D eigenvalue weighted by atomic mass is 19.1. The quantitative estimate of drug-likeness (QED) is 0.684. The minimum atomic E-state index is -0.372. The number of rotatable bonds is 6. The number of nitrogens with one attached hydrogen (secondary N) is 1. The van der Waals surface area contributed by atoms with Crippen LogP contribution in [0.2, 0.25) is 0 Å². The topological polar surface area (TPSA) is 51.1 Å². The van der Waals surface area contributed by atoms with E-state index >= 15 is 0 Å². The van der Waals surface area contributed by atoms with E-state index in [1.165, 1.54) is 29.0 Å². The molecule has 2 aromatic carbocycles. The molecule has 0 atom stereocenters. The van der Waals surface area contributed by atoms with Gasteiger partial charge in [-0.25, -0.2) is 4.39 Å². The van der Waals surface area contributed by atoms with Crippen molar-refractivity contribution in [1.29, 1.82) is 0 Å². The molecule has 0 unspecified atom stereocenters. The molecule has 0 saturated heterocycles. The van der Waals surface area contributed by atoms with Gasteiger partial charge < -0.3 is 5.32 Å². The van der Waals surface area contributed by atoms with Crippen molar-refractivity contribution in [3.8, 4) is 0 Å². The molecule has 1 amide bonds. The second-order valence-electron chi connectivity index (χ2n) is 5.98. The summed E-state index contributed by atoms with van der Waals surface area (Å²) < 4.78 is 14.4. The van der Waals surface area contributed by atoms with Gasteiger partial charge in [0.25, 0.3) is 11.5 Å². The predicted molar refractivity (Wildman–Crippen MR) is 104 cm³/mol. The van der Waals surface area contributed by atoms with Crippen molar-refractivity contribution >= 4 is 17.7 Å². The number of hydrogen-bond acceptors (Lipinski definition) is 2. The molecule has 0 bridgehead atoms. The van der Waals surface area contributed by atoms with Gasteiger partial charge in [-0.3, -0.25) is 14.2 Å². The van der Waals surface area contributed by atoms with Gasteiger partial charge in [0.1, 0.15) is 11.5 Å². The first-order valence-electron chi connectivity index (χ1n) is 8.61. The summed E-state index contributed by atoms with van der Waals surface area (Å²) in [6.07, 6.45) is 3.78. The minimum absolute atomic E-state index is 0.181. The van der Waals surface area contributed by atoms with Crippen LogP contribution in [0.1, 0.15) is 11.1 Å². The van der Waals surface area contributed by atoms with Crippen LogP contribution >= 0.6 is 0 Å². The smallest absolute Gasteiger partial charge is 0.268 e. The Bertz CT molecular complexity index is 993. The van der Waals surface area contributed by atoms with Gasteiger partial charge in [-0.2, -0.15) is 0 Å². The Morgan fingerprint density at radius 3 is 2.37 bits per heavy atom. The maximum absolute atomic E-state index is 13.1. The molecule has 1 heterocycles. The Morgan fingerprint density at radius 2 is 1.67 bits per heavy atom. The van der Waals surface area contributed by atoms with Crippen molar-refractivity contribution in [1.82, 2.24) is 9.88 Å². The van der Waals surface area contributed by atoms with Crippen molar-refractivity contribution in [2.45, 2.75) is 6.42 Å². The van der Waals surface area contributed by atoms with E-state index in [9.17, 15) is 14.0 Å². The van der Waals surface area contributed by atoms with Gasteiger partial charge in [-0.05, 0) is 41.8 Å². The molecule has 1 aromatic heterocycles. The lowest BCUT2D eigenvalue weighted by Gasteiger charge is -2.12. The van der Waals surface area contributed by atoms with E-state index in [4.69, 9.17) is 0 Å². The summed E-state index contributed by atoms with van der Waals surface area (Å²) in [4.78, 5) is 24.9. The molecular weight excluding hydrogens is 343 g/mol. The molecule has 4 nitrogen and oxygen atoms in total. The van der Waals surface area contributed by atoms with Crippen LogP contribution in [0, 0.1) is 5.82 Å². The highest BCUT2D eigenvalue weighted by Crippen LogP contribution is 2.12. The van der Waals surface area contributed by atoms with Crippen molar-refractivity contribution in [3.05, 3.63) is 106 Å². The third-order valence-corrected chi connectivity index (χ3v) is 4.03. The Kier molecular flexibility index (Phi) is 5.94. The van der Waals surface area contributed by atoms with E-state index in [0.717, 1.165) is 5.56 Å². The van der Waals surface area contributed by atoms with Crippen molar-refractivity contribution in [3.63, 3.8) is 0 Å². The molecule has 0 aliphatic rings. The zero-order chi connectivity index (χ0) is 19.1. The third-order valence-electron chi connectivity index (χ3n) is 4.03. The average molecular weight is 362 g/mol. The van der Waals surface area contributed by atoms with Crippen LogP contribution in [0.5, 0.6) is 0 Å². The summed E-state index contributed by atoms with van der Waals surface area (Å²) in [5.74, 6) is -0.735. The van der Waals surface area contributed by atoms with E-state index < -0.39 is 0 Å². The molecule has 0 aliphatic carbocycles. The number of pyridine rings is 1. The Labute approximate surface area is 156 Å². The number of nitrogens with zero attached hydrogens (tertiary/aromatic N) is 1. The van der Waals surface area contributed by atoms with Gasteiger partial charge >= 0.3 is 0 Å². The second-order valence-corrected chi connectivity index (χ2v) is 5.98. The van der Waals surface area contributed by atoms with Crippen LogP contribution in [0.25, 0.3) is 11.8 Å². The maximum atomic E-state index is 13.1. The van der Waals surface area contributed by atoms with E-state index in [2.05, 4.69) is 5.32 Å². The normalized spacial score (nSPS) is 11.2. The standard InChI is InChI=1S/C22H19FN2O2/c23-19-11-9-18(10-12-19)16-20(25-15-5-4-8-21(25)26)22(27)24-14-13-17-6-2-1-3-7-17/h1-12,15-16H,13-14H2,(H,24,27). The summed E-state index contributed by atoms with van der Waals surface area (Å²) in [6.45, 7) is 0.436. The van der Waals surface area contributed by atoms with Crippen LogP contribution in [0.15, 0.2) is 83.8 Å². The van der Waals surface area contributed by atoms with Crippen molar-refractivity contribution in [2.24, 2.45) is 0 Å². The molecular formula is C22H19FN2O2. The zero-order valence-electron chi connectivity index (χ0n) is 14.6. The Balaban J connectivity index is 1.83. The lowest BCUT2D eigenvalue weighted by Crippen LogP contribution is -2.31. The molecule has 3 aromatic rings. The lowest BCUT2D eigenvalue weighted by molar-refractivity contribution is -0.115. The molecule has 136 valence electrons. The lowest BCUT2D eigenvalue weighted by atomic mass is 10.1. The molecule has 0 aliphatic heterocycles. The Hall–Kier alpha value is -3.47. The zero-order valence-corrected chi connectivity index (χ0v) is 14.6. The average Bonchev–Trinajstić information content (AvgIpc) is 2.69. The molecule has 0 saturated carbocycles. The Morgan fingerprint density at radius 1 is 0.963 bits per heavy atom. The number of carbonyl (C=O) groups excluding carboxylic acids is 1. The first-order valence-corrected chi connectivity index (χ1v) is 8.61. The second kappa shape index (κ2) is 8.76. The highest BCUT2D eigenvalue weighted by Gasteiger charge is 2.13. The monoisotopic (exact) mass is 362 g/mol. The number of hydrogen-bond donors (Lipinski definition) is 1. The van der Waals surface area contributed by atoms with Crippen molar-refractivity contribution in [2.75, 3.05) is 6.54 Å². The van der Waals surface area contributed by atoms with Gasteiger partial charge in [-0.15, -0.1) is 0 Å². The van der Waals surface area contributed by atoms with Crippen LogP contribution in [0.3, 0.4) is 0 Å². The molecule has 0 radical (unpaired) electrons. The number of carbonyl (C=O) groups is 1. The largest absolute Gasteiger partial charge is 0.350 e. The van der Waals surface area contributed by atoms with Gasteiger partial charge in [-0.1, -0.05) is 48.5 Å². The van der Waals surface area contributed by atoms with Gasteiger partial charge in [0.15, 0.2) is 0 Å². The molecule has 1 N–H and O–H groups in total. The predicted octanol–water partition coefficient (Wildman–Crippen LogP) is 3.34. The van der Waals surface area contributed by atoms with E-state index in [1.807, 2.05) is 30.3 Å². The maximum Gasteiger partial charge on any atom is 0.268 e. The van der Waals surface area contributed by atoms with E-state index in [0.29, 0.717) is 18.5 Å². The summed E-state index contributed by atoms with van der Waals surface area (Å²) in [5, 5.41) is 2.85. The fraction of sp³-hybridized carbons (Fsp3) is 0.0909. The molecule has 5 heteroatoms. The molecule has 3 rings (SSSR count). The van der Waals surface area contributed by atoms with E-state index in [-0.39, 0.29) is 23.0 Å². The summed E-state index contributed by atoms with van der Waals surface area (Å²) in [7, 11) is 0. The summed E-state index contributed by atoms with van der Waals surface area (Å²) in [6, 6.07) is 20.2. The molecule has 0 spiro atoms. The van der Waals surface area contributed by atoms with Gasteiger partial charge in [0.05, 0.1) is 0 Å². The molecule has 27 heavy (non-hydrogen) atoms. The number of benzene rings is 2. The number of amides is 1. The number of aromatic nitrogens is 1. The van der Waals surface area contributed by atoms with Crippen molar-refractivity contribution < 1.29 is 9.18 Å². The fourth-order valence-corrected chi connectivity index (χ4v) is 2.64. The first kappa shape index (κ1) is 18.3. The summed E-state index contributed by atoms with van der Waals surface area (Å²) in [5.41, 5.74) is 1.60. The first-order chi connectivity index (χ1) is 13.1.